The fourth-order valence-corrected chi connectivity index (χ4v) is 1.95. The lowest BCUT2D eigenvalue weighted by Crippen LogP contribution is -2.08. The van der Waals surface area contributed by atoms with Crippen LogP contribution in [0.1, 0.15) is 29.7 Å². The van der Waals surface area contributed by atoms with Crippen molar-refractivity contribution in [2.24, 2.45) is 5.73 Å². The van der Waals surface area contributed by atoms with Gasteiger partial charge in [-0.15, -0.1) is 0 Å². The predicted octanol–water partition coefficient (Wildman–Crippen LogP) is 3.87. The molecule has 2 nitrogen and oxygen atoms in total. The molecule has 0 heterocycles. The number of nitrogens with two attached hydrogens (primary N) is 1. The number of benzene rings is 2. The highest BCUT2D eigenvalue weighted by atomic mass is 19.2. The van der Waals surface area contributed by atoms with Crippen LogP contribution in [-0.4, -0.2) is 0 Å². The summed E-state index contributed by atoms with van der Waals surface area (Å²) in [6, 6.07) is 9.30. The van der Waals surface area contributed by atoms with E-state index >= 15 is 0 Å². The summed E-state index contributed by atoms with van der Waals surface area (Å²) in [6.07, 6.45) is 0. The van der Waals surface area contributed by atoms with Gasteiger partial charge in [0.1, 0.15) is 12.4 Å². The van der Waals surface area contributed by atoms with Crippen LogP contribution in [0.15, 0.2) is 36.4 Å². The fourth-order valence-electron chi connectivity index (χ4n) is 1.95. The van der Waals surface area contributed by atoms with Crippen LogP contribution in [0, 0.1) is 18.6 Å². The highest BCUT2D eigenvalue weighted by molar-refractivity contribution is 5.39. The van der Waals surface area contributed by atoms with Crippen molar-refractivity contribution in [3.63, 3.8) is 0 Å². The van der Waals surface area contributed by atoms with E-state index in [2.05, 4.69) is 0 Å². The van der Waals surface area contributed by atoms with Gasteiger partial charge in [-0.25, -0.2) is 8.78 Å². The van der Waals surface area contributed by atoms with Crippen LogP contribution in [-0.2, 0) is 6.61 Å². The average molecular weight is 277 g/mol. The largest absolute Gasteiger partial charge is 0.489 e. The third-order valence-corrected chi connectivity index (χ3v) is 3.03. The summed E-state index contributed by atoms with van der Waals surface area (Å²) in [6.45, 7) is 4.02. The van der Waals surface area contributed by atoms with E-state index in [-0.39, 0.29) is 12.6 Å². The van der Waals surface area contributed by atoms with Gasteiger partial charge in [-0.1, -0.05) is 23.8 Å². The van der Waals surface area contributed by atoms with Crippen LogP contribution in [0.4, 0.5) is 8.78 Å². The van der Waals surface area contributed by atoms with E-state index in [1.807, 2.05) is 32.0 Å². The van der Waals surface area contributed by atoms with Gasteiger partial charge in [0.2, 0.25) is 0 Å². The van der Waals surface area contributed by atoms with Crippen molar-refractivity contribution < 1.29 is 13.5 Å². The second-order valence-electron chi connectivity index (χ2n) is 4.87. The fraction of sp³-hybridized carbons (Fsp3) is 0.250. The molecule has 0 radical (unpaired) electrons. The number of hydrogen-bond acceptors (Lipinski definition) is 2. The number of aryl methyl sites for hydroxylation is 1. The van der Waals surface area contributed by atoms with Gasteiger partial charge in [0.25, 0.3) is 0 Å². The summed E-state index contributed by atoms with van der Waals surface area (Å²) in [5, 5.41) is 0. The number of ether oxygens (including phenoxy) is 1. The monoisotopic (exact) mass is 277 g/mol. The van der Waals surface area contributed by atoms with E-state index in [4.69, 9.17) is 10.5 Å². The minimum absolute atomic E-state index is 0.158. The average Bonchev–Trinajstić information content (AvgIpc) is 2.41. The lowest BCUT2D eigenvalue weighted by molar-refractivity contribution is 0.300. The van der Waals surface area contributed by atoms with Gasteiger partial charge in [0.15, 0.2) is 11.6 Å². The lowest BCUT2D eigenvalue weighted by atomic mass is 10.1. The van der Waals surface area contributed by atoms with E-state index in [1.165, 1.54) is 6.07 Å². The summed E-state index contributed by atoms with van der Waals surface area (Å²) in [5.74, 6) is -1.07. The standard InChI is InChI=1S/C16H17F2NO/c1-10-3-6-16(13(7-10)11(2)19)20-9-12-4-5-14(17)15(18)8-12/h3-8,11H,9,19H2,1-2H3/t11-/m0/s1. The first-order valence-corrected chi connectivity index (χ1v) is 6.40. The normalized spacial score (nSPS) is 12.2. The molecular weight excluding hydrogens is 260 g/mol. The molecule has 0 saturated carbocycles. The quantitative estimate of drug-likeness (QED) is 0.920. The van der Waals surface area contributed by atoms with Crippen LogP contribution in [0.5, 0.6) is 5.75 Å². The molecule has 4 heteroatoms. The van der Waals surface area contributed by atoms with E-state index < -0.39 is 11.6 Å². The molecule has 0 unspecified atom stereocenters. The molecule has 0 aromatic heterocycles. The van der Waals surface area contributed by atoms with Gasteiger partial charge < -0.3 is 10.5 Å². The van der Waals surface area contributed by atoms with Crippen LogP contribution in [0.2, 0.25) is 0 Å². The smallest absolute Gasteiger partial charge is 0.159 e. The molecule has 0 amide bonds. The molecule has 0 aliphatic carbocycles. The zero-order chi connectivity index (χ0) is 14.7. The number of halogens is 2. The van der Waals surface area contributed by atoms with Gasteiger partial charge in [0.05, 0.1) is 0 Å². The molecule has 2 rings (SSSR count). The van der Waals surface area contributed by atoms with Gasteiger partial charge in [-0.2, -0.15) is 0 Å². The van der Waals surface area contributed by atoms with Crippen molar-refractivity contribution in [3.8, 4) is 5.75 Å². The molecule has 2 N–H and O–H groups in total. The lowest BCUT2D eigenvalue weighted by Gasteiger charge is -2.15. The molecule has 0 bridgehead atoms. The number of rotatable bonds is 4. The summed E-state index contributed by atoms with van der Waals surface area (Å²) in [7, 11) is 0. The Morgan fingerprint density at radius 1 is 1.10 bits per heavy atom. The Kier molecular flexibility index (Phi) is 4.35. The van der Waals surface area contributed by atoms with Crippen molar-refractivity contribution >= 4 is 0 Å². The molecule has 1 atom stereocenters. The first-order valence-electron chi connectivity index (χ1n) is 6.40. The summed E-state index contributed by atoms with van der Waals surface area (Å²) in [5.41, 5.74) is 8.47. The maximum atomic E-state index is 13.1. The predicted molar refractivity (Wildman–Crippen MR) is 74.5 cm³/mol. The van der Waals surface area contributed by atoms with Crippen molar-refractivity contribution in [1.82, 2.24) is 0 Å². The summed E-state index contributed by atoms with van der Waals surface area (Å²) >= 11 is 0. The minimum atomic E-state index is -0.873. The van der Waals surface area contributed by atoms with Crippen molar-refractivity contribution in [2.75, 3.05) is 0 Å². The summed E-state index contributed by atoms with van der Waals surface area (Å²) < 4.78 is 31.6. The maximum absolute atomic E-state index is 13.1. The van der Waals surface area contributed by atoms with Crippen molar-refractivity contribution in [2.45, 2.75) is 26.5 Å². The van der Waals surface area contributed by atoms with E-state index in [0.29, 0.717) is 11.3 Å². The van der Waals surface area contributed by atoms with Crippen LogP contribution >= 0.6 is 0 Å². The highest BCUT2D eigenvalue weighted by Crippen LogP contribution is 2.26. The topological polar surface area (TPSA) is 35.2 Å². The molecule has 0 spiro atoms. The Morgan fingerprint density at radius 2 is 1.85 bits per heavy atom. The highest BCUT2D eigenvalue weighted by Gasteiger charge is 2.09. The first-order chi connectivity index (χ1) is 9.47. The second-order valence-corrected chi connectivity index (χ2v) is 4.87. The Labute approximate surface area is 117 Å². The van der Waals surface area contributed by atoms with Gasteiger partial charge in [-0.05, 0) is 37.6 Å². The van der Waals surface area contributed by atoms with Gasteiger partial charge >= 0.3 is 0 Å². The summed E-state index contributed by atoms with van der Waals surface area (Å²) in [4.78, 5) is 0. The second kappa shape index (κ2) is 6.01. The Morgan fingerprint density at radius 3 is 2.50 bits per heavy atom. The van der Waals surface area contributed by atoms with Crippen molar-refractivity contribution in [1.29, 1.82) is 0 Å². The van der Waals surface area contributed by atoms with Crippen LogP contribution in [0.3, 0.4) is 0 Å². The Hall–Kier alpha value is -1.94. The molecule has 0 aliphatic heterocycles. The third-order valence-electron chi connectivity index (χ3n) is 3.03. The molecule has 20 heavy (non-hydrogen) atoms. The van der Waals surface area contributed by atoms with E-state index in [0.717, 1.165) is 23.3 Å². The molecule has 0 fully saturated rings. The van der Waals surface area contributed by atoms with Crippen molar-refractivity contribution in [3.05, 3.63) is 64.7 Å². The van der Waals surface area contributed by atoms with E-state index in [9.17, 15) is 8.78 Å². The molecule has 0 saturated heterocycles. The van der Waals surface area contributed by atoms with E-state index in [1.54, 1.807) is 0 Å². The van der Waals surface area contributed by atoms with Gasteiger partial charge in [0, 0.05) is 11.6 Å². The molecular formula is C16H17F2NO. The Balaban J connectivity index is 2.16. The first kappa shape index (κ1) is 14.5. The zero-order valence-corrected chi connectivity index (χ0v) is 11.5. The molecule has 106 valence electrons. The maximum Gasteiger partial charge on any atom is 0.159 e. The minimum Gasteiger partial charge on any atom is -0.489 e. The van der Waals surface area contributed by atoms with Crippen LogP contribution in [0.25, 0.3) is 0 Å². The Bertz CT molecular complexity index is 611. The molecule has 2 aromatic carbocycles. The number of hydrogen-bond donors (Lipinski definition) is 1. The van der Waals surface area contributed by atoms with Crippen LogP contribution < -0.4 is 10.5 Å². The SMILES string of the molecule is Cc1ccc(OCc2ccc(F)c(F)c2)c([C@H](C)N)c1. The van der Waals surface area contributed by atoms with Gasteiger partial charge in [-0.3, -0.25) is 0 Å². The molecule has 2 aromatic rings. The molecule has 0 aliphatic rings. The third kappa shape index (κ3) is 3.33. The zero-order valence-electron chi connectivity index (χ0n) is 11.5.